The molecule has 2 heterocycles. The Labute approximate surface area is 227 Å². The van der Waals surface area contributed by atoms with E-state index in [0.717, 1.165) is 11.1 Å². The molecular formula is C29H35FN4O5. The summed E-state index contributed by atoms with van der Waals surface area (Å²) in [5.74, 6) is -2.41. The van der Waals surface area contributed by atoms with Gasteiger partial charge in [0.2, 0.25) is 17.7 Å². The number of aliphatic carboxylic acids is 1. The average molecular weight is 539 g/mol. The summed E-state index contributed by atoms with van der Waals surface area (Å²) >= 11 is 0. The highest BCUT2D eigenvalue weighted by Crippen LogP contribution is 2.26. The summed E-state index contributed by atoms with van der Waals surface area (Å²) in [5.41, 5.74) is 7.82. The van der Waals surface area contributed by atoms with Crippen LogP contribution in [0.15, 0.2) is 54.6 Å². The third kappa shape index (κ3) is 7.20. The number of rotatable bonds is 10. The summed E-state index contributed by atoms with van der Waals surface area (Å²) in [7, 11) is 0. The first-order valence-electron chi connectivity index (χ1n) is 13.4. The number of carbonyl (C=O) groups excluding carboxylic acids is 3. The van der Waals surface area contributed by atoms with Crippen LogP contribution in [0.5, 0.6) is 0 Å². The lowest BCUT2D eigenvalue weighted by atomic mass is 10.0. The van der Waals surface area contributed by atoms with Crippen LogP contribution in [0.3, 0.4) is 0 Å². The molecule has 0 saturated carbocycles. The molecule has 0 aromatic heterocycles. The van der Waals surface area contributed by atoms with Crippen molar-refractivity contribution in [3.05, 3.63) is 71.5 Å². The summed E-state index contributed by atoms with van der Waals surface area (Å²) in [4.78, 5) is 54.6. The number of hydrogen-bond acceptors (Lipinski definition) is 5. The van der Waals surface area contributed by atoms with E-state index in [1.54, 1.807) is 12.1 Å². The third-order valence-corrected chi connectivity index (χ3v) is 7.44. The molecule has 2 saturated heterocycles. The van der Waals surface area contributed by atoms with Gasteiger partial charge in [0.05, 0.1) is 12.5 Å². The summed E-state index contributed by atoms with van der Waals surface area (Å²) < 4.78 is 13.2. The van der Waals surface area contributed by atoms with Gasteiger partial charge in [0.25, 0.3) is 0 Å². The van der Waals surface area contributed by atoms with E-state index in [9.17, 15) is 28.7 Å². The normalized spacial score (nSPS) is 20.5. The Hall–Kier alpha value is -3.79. The number of nitrogens with one attached hydrogen (secondary N) is 1. The fourth-order valence-corrected chi connectivity index (χ4v) is 5.54. The van der Waals surface area contributed by atoms with Crippen LogP contribution < -0.4 is 11.1 Å². The van der Waals surface area contributed by atoms with Crippen molar-refractivity contribution in [2.75, 3.05) is 13.1 Å². The van der Waals surface area contributed by atoms with Crippen LogP contribution in [0.1, 0.15) is 43.2 Å². The minimum absolute atomic E-state index is 0.220. The van der Waals surface area contributed by atoms with Gasteiger partial charge in [-0.15, -0.1) is 0 Å². The fourth-order valence-electron chi connectivity index (χ4n) is 5.54. The van der Waals surface area contributed by atoms with Gasteiger partial charge >= 0.3 is 5.97 Å². The summed E-state index contributed by atoms with van der Waals surface area (Å²) in [6.07, 6.45) is 2.57. The largest absolute Gasteiger partial charge is 0.481 e. The molecule has 3 amide bonds. The first-order valence-corrected chi connectivity index (χ1v) is 13.4. The molecule has 0 spiro atoms. The van der Waals surface area contributed by atoms with Gasteiger partial charge in [-0.3, -0.25) is 19.2 Å². The van der Waals surface area contributed by atoms with Crippen molar-refractivity contribution in [1.29, 1.82) is 0 Å². The highest BCUT2D eigenvalue weighted by molar-refractivity contribution is 5.94. The van der Waals surface area contributed by atoms with Crippen molar-refractivity contribution in [3.63, 3.8) is 0 Å². The molecule has 4 rings (SSSR count). The number of nitrogens with zero attached hydrogens (tertiary/aromatic N) is 2. The van der Waals surface area contributed by atoms with Crippen LogP contribution in [0.2, 0.25) is 0 Å². The van der Waals surface area contributed by atoms with Gasteiger partial charge in [0, 0.05) is 19.1 Å². The molecule has 208 valence electrons. The summed E-state index contributed by atoms with van der Waals surface area (Å²) in [5, 5.41) is 12.2. The van der Waals surface area contributed by atoms with E-state index >= 15 is 0 Å². The third-order valence-electron chi connectivity index (χ3n) is 7.44. The SMILES string of the molecule is N[C@@H](Cc1ccc(F)cc1)C(=O)N1CCC[C@H]1C(=O)N1CCC[C@H]1C(=O)N[C@H](CC(=O)O)Cc1ccccc1. The zero-order valence-electron chi connectivity index (χ0n) is 21.8. The maximum absolute atomic E-state index is 13.6. The molecule has 2 aliphatic rings. The van der Waals surface area contributed by atoms with Gasteiger partial charge in [-0.25, -0.2) is 4.39 Å². The quantitative estimate of drug-likeness (QED) is 0.423. The Kier molecular flexibility index (Phi) is 9.29. The van der Waals surface area contributed by atoms with Gasteiger partial charge in [-0.05, 0) is 61.8 Å². The number of carboxylic acid groups (broad SMARTS) is 1. The van der Waals surface area contributed by atoms with E-state index in [1.165, 1.54) is 21.9 Å². The number of benzene rings is 2. The standard InChI is InChI=1S/C29H35FN4O5/c30-21-12-10-20(11-13-21)17-23(31)28(38)34-15-5-9-25(34)29(39)33-14-4-8-24(33)27(37)32-22(18-26(35)36)16-19-6-2-1-3-7-19/h1-3,6-7,10-13,22-25H,4-5,8-9,14-18,31H2,(H,32,37)(H,35,36)/t22-,23-,24-,25-/m0/s1. The molecule has 0 radical (unpaired) electrons. The van der Waals surface area contributed by atoms with Crippen molar-refractivity contribution in [1.82, 2.24) is 15.1 Å². The Balaban J connectivity index is 1.40. The first kappa shape index (κ1) is 28.2. The number of nitrogens with two attached hydrogens (primary N) is 1. The van der Waals surface area contributed by atoms with E-state index in [1.807, 2.05) is 30.3 Å². The van der Waals surface area contributed by atoms with Crippen LogP contribution in [-0.2, 0) is 32.0 Å². The van der Waals surface area contributed by atoms with Gasteiger partial charge in [-0.1, -0.05) is 42.5 Å². The van der Waals surface area contributed by atoms with E-state index in [2.05, 4.69) is 5.32 Å². The molecule has 0 aliphatic carbocycles. The summed E-state index contributed by atoms with van der Waals surface area (Å²) in [6, 6.07) is 12.2. The van der Waals surface area contributed by atoms with Crippen molar-refractivity contribution >= 4 is 23.7 Å². The second kappa shape index (κ2) is 12.8. The topological polar surface area (TPSA) is 133 Å². The van der Waals surface area contributed by atoms with Crippen LogP contribution in [0.25, 0.3) is 0 Å². The molecule has 2 fully saturated rings. The van der Waals surface area contributed by atoms with Crippen LogP contribution >= 0.6 is 0 Å². The number of likely N-dealkylation sites (tertiary alicyclic amines) is 2. The molecule has 0 unspecified atom stereocenters. The molecule has 0 bridgehead atoms. The van der Waals surface area contributed by atoms with Crippen LogP contribution in [-0.4, -0.2) is 75.9 Å². The number of amides is 3. The summed E-state index contributed by atoms with van der Waals surface area (Å²) in [6.45, 7) is 0.786. The van der Waals surface area contributed by atoms with E-state index in [4.69, 9.17) is 5.73 Å². The molecule has 2 aliphatic heterocycles. The Morgan fingerprint density at radius 1 is 0.897 bits per heavy atom. The van der Waals surface area contributed by atoms with Gasteiger partial charge in [-0.2, -0.15) is 0 Å². The molecule has 4 atom stereocenters. The highest BCUT2D eigenvalue weighted by atomic mass is 19.1. The lowest BCUT2D eigenvalue weighted by molar-refractivity contribution is -0.147. The zero-order valence-corrected chi connectivity index (χ0v) is 21.8. The Morgan fingerprint density at radius 2 is 1.51 bits per heavy atom. The highest BCUT2D eigenvalue weighted by Gasteiger charge is 2.43. The maximum Gasteiger partial charge on any atom is 0.305 e. The number of halogens is 1. The fraction of sp³-hybridized carbons (Fsp3) is 0.448. The van der Waals surface area contributed by atoms with E-state index in [-0.39, 0.29) is 36.4 Å². The van der Waals surface area contributed by atoms with Crippen molar-refractivity contribution in [2.24, 2.45) is 5.73 Å². The minimum atomic E-state index is -1.02. The van der Waals surface area contributed by atoms with Gasteiger partial charge < -0.3 is 26.0 Å². The zero-order chi connectivity index (χ0) is 27.9. The van der Waals surface area contributed by atoms with Gasteiger partial charge in [0.1, 0.15) is 17.9 Å². The van der Waals surface area contributed by atoms with Crippen molar-refractivity contribution in [3.8, 4) is 0 Å². The molecule has 9 nitrogen and oxygen atoms in total. The molecule has 2 aromatic carbocycles. The molecule has 10 heteroatoms. The second-order valence-electron chi connectivity index (χ2n) is 10.3. The van der Waals surface area contributed by atoms with Gasteiger partial charge in [0.15, 0.2) is 0 Å². The smallest absolute Gasteiger partial charge is 0.305 e. The monoisotopic (exact) mass is 538 g/mol. The number of carboxylic acids is 1. The molecule has 39 heavy (non-hydrogen) atoms. The first-order chi connectivity index (χ1) is 18.7. The predicted octanol–water partition coefficient (Wildman–Crippen LogP) is 1.88. The second-order valence-corrected chi connectivity index (χ2v) is 10.3. The van der Waals surface area contributed by atoms with Crippen molar-refractivity contribution < 1.29 is 28.7 Å². The number of hydrogen-bond donors (Lipinski definition) is 3. The lowest BCUT2D eigenvalue weighted by Crippen LogP contribution is -2.56. The molecular weight excluding hydrogens is 503 g/mol. The number of carbonyl (C=O) groups is 4. The Bertz CT molecular complexity index is 1180. The maximum atomic E-state index is 13.6. The minimum Gasteiger partial charge on any atom is -0.481 e. The molecule has 4 N–H and O–H groups in total. The molecule has 2 aromatic rings. The van der Waals surface area contributed by atoms with Crippen LogP contribution in [0, 0.1) is 5.82 Å². The van der Waals surface area contributed by atoms with E-state index in [0.29, 0.717) is 45.2 Å². The van der Waals surface area contributed by atoms with Crippen LogP contribution in [0.4, 0.5) is 4.39 Å². The predicted molar refractivity (Wildman–Crippen MR) is 142 cm³/mol. The lowest BCUT2D eigenvalue weighted by Gasteiger charge is -2.32. The Morgan fingerprint density at radius 3 is 2.18 bits per heavy atom. The van der Waals surface area contributed by atoms with Crippen molar-refractivity contribution in [2.45, 2.75) is 69.1 Å². The average Bonchev–Trinajstić information content (AvgIpc) is 3.60. The van der Waals surface area contributed by atoms with E-state index < -0.39 is 30.1 Å².